The molecule has 0 saturated carbocycles. The van der Waals surface area contributed by atoms with Crippen molar-refractivity contribution in [2.45, 2.75) is 19.9 Å². The van der Waals surface area contributed by atoms with Crippen molar-refractivity contribution in [3.05, 3.63) is 39.5 Å². The van der Waals surface area contributed by atoms with Crippen molar-refractivity contribution in [3.63, 3.8) is 0 Å². The Hall–Kier alpha value is -1.54. The number of benzene rings is 1. The highest BCUT2D eigenvalue weighted by Crippen LogP contribution is 2.28. The highest BCUT2D eigenvalue weighted by atomic mass is 79.9. The monoisotopic (exact) mass is 410 g/mol. The van der Waals surface area contributed by atoms with Crippen LogP contribution in [0.5, 0.6) is 0 Å². The van der Waals surface area contributed by atoms with Crippen molar-refractivity contribution in [2.24, 2.45) is 0 Å². The van der Waals surface area contributed by atoms with Gasteiger partial charge >= 0.3 is 0 Å². The molecule has 0 aliphatic heterocycles. The molecule has 3 aromatic rings. The van der Waals surface area contributed by atoms with Crippen LogP contribution in [0.4, 0.5) is 0 Å². The topological polar surface area (TPSA) is 61.4 Å². The first-order chi connectivity index (χ1) is 10.1. The van der Waals surface area contributed by atoms with Gasteiger partial charge in [0.25, 0.3) is 0 Å². The van der Waals surface area contributed by atoms with E-state index in [1.807, 2.05) is 38.1 Å². The van der Waals surface area contributed by atoms with Gasteiger partial charge < -0.3 is 0 Å². The maximum absolute atomic E-state index is 4.39. The number of hydrogen-bond acceptors (Lipinski definition) is 4. The Morgan fingerprint density at radius 2 is 2.00 bits per heavy atom. The van der Waals surface area contributed by atoms with E-state index in [0.717, 1.165) is 20.3 Å². The van der Waals surface area contributed by atoms with Crippen molar-refractivity contribution >= 4 is 31.9 Å². The molecule has 0 fully saturated rings. The van der Waals surface area contributed by atoms with E-state index < -0.39 is 0 Å². The zero-order valence-electron chi connectivity index (χ0n) is 11.4. The summed E-state index contributed by atoms with van der Waals surface area (Å²) >= 11 is 7.02. The molecule has 0 radical (unpaired) electrons. The molecular weight excluding hydrogens is 400 g/mol. The number of nitrogens with zero attached hydrogens (tertiary/aromatic N) is 6. The average Bonchev–Trinajstić information content (AvgIpc) is 3.05. The zero-order valence-corrected chi connectivity index (χ0v) is 14.6. The van der Waals surface area contributed by atoms with Gasteiger partial charge in [-0.05, 0) is 53.2 Å². The SMILES string of the molecule is CC(C)n1nnc(-c2cnn(-c3cccc(Br)c3)c2Br)n1. The predicted molar refractivity (Wildman–Crippen MR) is 86.2 cm³/mol. The van der Waals surface area contributed by atoms with E-state index in [1.54, 1.807) is 15.7 Å². The molecule has 2 heterocycles. The highest BCUT2D eigenvalue weighted by molar-refractivity contribution is 9.10. The maximum atomic E-state index is 4.39. The third-order valence-electron chi connectivity index (χ3n) is 2.89. The number of aromatic nitrogens is 6. The molecule has 8 heteroatoms. The largest absolute Gasteiger partial charge is 0.226 e. The Kier molecular flexibility index (Phi) is 3.90. The van der Waals surface area contributed by atoms with E-state index in [-0.39, 0.29) is 6.04 Å². The summed E-state index contributed by atoms with van der Waals surface area (Å²) in [5.74, 6) is 0.553. The van der Waals surface area contributed by atoms with Gasteiger partial charge in [0.2, 0.25) is 5.82 Å². The summed E-state index contributed by atoms with van der Waals surface area (Å²) in [7, 11) is 0. The first kappa shape index (κ1) is 14.4. The van der Waals surface area contributed by atoms with Gasteiger partial charge in [0.15, 0.2) is 0 Å². The van der Waals surface area contributed by atoms with Gasteiger partial charge in [-0.25, -0.2) is 4.68 Å². The van der Waals surface area contributed by atoms with Gasteiger partial charge in [-0.1, -0.05) is 22.0 Å². The van der Waals surface area contributed by atoms with Crippen molar-refractivity contribution < 1.29 is 0 Å². The first-order valence-corrected chi connectivity index (χ1v) is 7.94. The fourth-order valence-electron chi connectivity index (χ4n) is 1.82. The van der Waals surface area contributed by atoms with Crippen molar-refractivity contribution in [1.29, 1.82) is 0 Å². The van der Waals surface area contributed by atoms with E-state index in [4.69, 9.17) is 0 Å². The number of halogens is 2. The summed E-state index contributed by atoms with van der Waals surface area (Å²) in [5.41, 5.74) is 1.75. The fourth-order valence-corrected chi connectivity index (χ4v) is 2.79. The molecule has 0 amide bonds. The van der Waals surface area contributed by atoms with Gasteiger partial charge in [-0.15, -0.1) is 10.2 Å². The van der Waals surface area contributed by atoms with Crippen LogP contribution in [0.15, 0.2) is 39.5 Å². The molecule has 0 atom stereocenters. The molecule has 0 N–H and O–H groups in total. The molecule has 0 bridgehead atoms. The van der Waals surface area contributed by atoms with E-state index in [0.29, 0.717) is 5.82 Å². The summed E-state index contributed by atoms with van der Waals surface area (Å²) in [5, 5.41) is 16.9. The predicted octanol–water partition coefficient (Wildman–Crippen LogP) is 3.63. The second kappa shape index (κ2) is 5.69. The second-order valence-electron chi connectivity index (χ2n) is 4.77. The minimum Gasteiger partial charge on any atom is -0.226 e. The molecule has 108 valence electrons. The van der Waals surface area contributed by atoms with Crippen molar-refractivity contribution in [3.8, 4) is 17.1 Å². The molecule has 0 spiro atoms. The summed E-state index contributed by atoms with van der Waals surface area (Å²) in [6, 6.07) is 8.06. The lowest BCUT2D eigenvalue weighted by Gasteiger charge is -2.03. The van der Waals surface area contributed by atoms with Gasteiger partial charge in [-0.2, -0.15) is 9.90 Å². The number of hydrogen-bond donors (Lipinski definition) is 0. The Morgan fingerprint density at radius 3 is 2.67 bits per heavy atom. The summed E-state index contributed by atoms with van der Waals surface area (Å²) < 4.78 is 3.58. The van der Waals surface area contributed by atoms with Crippen LogP contribution in [-0.4, -0.2) is 30.0 Å². The smallest absolute Gasteiger partial charge is 0.209 e. The first-order valence-electron chi connectivity index (χ1n) is 6.35. The number of rotatable bonds is 3. The van der Waals surface area contributed by atoms with Crippen molar-refractivity contribution in [1.82, 2.24) is 30.0 Å². The fraction of sp³-hybridized carbons (Fsp3) is 0.231. The molecule has 6 nitrogen and oxygen atoms in total. The van der Waals surface area contributed by atoms with Crippen LogP contribution >= 0.6 is 31.9 Å². The quantitative estimate of drug-likeness (QED) is 0.660. The van der Waals surface area contributed by atoms with E-state index in [2.05, 4.69) is 52.4 Å². The standard InChI is InChI=1S/C13H12Br2N6/c1-8(2)21-18-13(17-19-21)11-7-16-20(12(11)15)10-5-3-4-9(14)6-10/h3-8H,1-2H3. The highest BCUT2D eigenvalue weighted by Gasteiger charge is 2.16. The maximum Gasteiger partial charge on any atom is 0.209 e. The molecule has 0 aliphatic carbocycles. The summed E-state index contributed by atoms with van der Waals surface area (Å²) in [4.78, 5) is 1.58. The lowest BCUT2D eigenvalue weighted by Crippen LogP contribution is -2.04. The van der Waals surface area contributed by atoms with Gasteiger partial charge in [0.05, 0.1) is 23.5 Å². The van der Waals surface area contributed by atoms with Gasteiger partial charge in [0.1, 0.15) is 4.60 Å². The Labute approximate surface area is 138 Å². The third-order valence-corrected chi connectivity index (χ3v) is 4.15. The average molecular weight is 412 g/mol. The van der Waals surface area contributed by atoms with Gasteiger partial charge in [0, 0.05) is 4.47 Å². The van der Waals surface area contributed by atoms with Crippen LogP contribution in [0, 0.1) is 0 Å². The minimum absolute atomic E-state index is 0.171. The molecule has 0 saturated heterocycles. The molecular formula is C13H12Br2N6. The lowest BCUT2D eigenvalue weighted by atomic mass is 10.3. The van der Waals surface area contributed by atoms with Crippen LogP contribution in [0.3, 0.4) is 0 Å². The van der Waals surface area contributed by atoms with Crippen LogP contribution in [0.2, 0.25) is 0 Å². The van der Waals surface area contributed by atoms with Gasteiger partial charge in [-0.3, -0.25) is 0 Å². The molecule has 1 aromatic carbocycles. The van der Waals surface area contributed by atoms with Crippen LogP contribution in [0.1, 0.15) is 19.9 Å². The summed E-state index contributed by atoms with van der Waals surface area (Å²) in [6.07, 6.45) is 1.73. The molecule has 2 aromatic heterocycles. The number of tetrazole rings is 1. The van der Waals surface area contributed by atoms with E-state index >= 15 is 0 Å². The Balaban J connectivity index is 2.02. The summed E-state index contributed by atoms with van der Waals surface area (Å²) in [6.45, 7) is 4.01. The molecule has 0 unspecified atom stereocenters. The zero-order chi connectivity index (χ0) is 15.0. The van der Waals surface area contributed by atoms with E-state index in [9.17, 15) is 0 Å². The Morgan fingerprint density at radius 1 is 1.19 bits per heavy atom. The van der Waals surface area contributed by atoms with E-state index in [1.165, 1.54) is 0 Å². The second-order valence-corrected chi connectivity index (χ2v) is 6.43. The van der Waals surface area contributed by atoms with Crippen LogP contribution < -0.4 is 0 Å². The van der Waals surface area contributed by atoms with Crippen LogP contribution in [-0.2, 0) is 0 Å². The van der Waals surface area contributed by atoms with Crippen molar-refractivity contribution in [2.75, 3.05) is 0 Å². The molecule has 0 aliphatic rings. The lowest BCUT2D eigenvalue weighted by molar-refractivity contribution is 0.455. The normalized spacial score (nSPS) is 11.3. The Bertz CT molecular complexity index is 777. The minimum atomic E-state index is 0.171. The van der Waals surface area contributed by atoms with Crippen LogP contribution in [0.25, 0.3) is 17.1 Å². The molecule has 21 heavy (non-hydrogen) atoms. The molecule has 3 rings (SSSR count). The third kappa shape index (κ3) is 2.77.